The Morgan fingerprint density at radius 2 is 1.74 bits per heavy atom. The van der Waals surface area contributed by atoms with E-state index in [2.05, 4.69) is 10.9 Å². The van der Waals surface area contributed by atoms with Crippen molar-refractivity contribution in [2.24, 2.45) is 0 Å². The van der Waals surface area contributed by atoms with Crippen molar-refractivity contribution in [2.75, 3.05) is 6.61 Å². The van der Waals surface area contributed by atoms with Crippen LogP contribution in [-0.2, 0) is 4.79 Å². The van der Waals surface area contributed by atoms with Gasteiger partial charge in [0.1, 0.15) is 5.75 Å². The van der Waals surface area contributed by atoms with Crippen LogP contribution in [0.5, 0.6) is 5.75 Å². The highest BCUT2D eigenvalue weighted by Gasteiger charge is 2.08. The molecule has 0 fully saturated rings. The van der Waals surface area contributed by atoms with Crippen LogP contribution in [0.2, 0.25) is 5.02 Å². The molecule has 0 aliphatic heterocycles. The molecule has 5 nitrogen and oxygen atoms in total. The minimum Gasteiger partial charge on any atom is -0.483 e. The summed E-state index contributed by atoms with van der Waals surface area (Å²) in [6, 6.07) is 12.0. The minimum atomic E-state index is -0.452. The second kappa shape index (κ2) is 7.65. The second-order valence-electron chi connectivity index (χ2n) is 5.07. The van der Waals surface area contributed by atoms with Crippen molar-refractivity contribution in [3.05, 3.63) is 64.2 Å². The lowest BCUT2D eigenvalue weighted by molar-refractivity contribution is -0.123. The van der Waals surface area contributed by atoms with E-state index in [4.69, 9.17) is 16.3 Å². The zero-order valence-corrected chi connectivity index (χ0v) is 13.6. The molecule has 2 amide bonds. The molecule has 0 unspecified atom stereocenters. The van der Waals surface area contributed by atoms with Crippen LogP contribution >= 0.6 is 11.6 Å². The van der Waals surface area contributed by atoms with E-state index < -0.39 is 11.8 Å². The van der Waals surface area contributed by atoms with Crippen LogP contribution in [0.4, 0.5) is 0 Å². The van der Waals surface area contributed by atoms with Crippen LogP contribution < -0.4 is 15.6 Å². The number of hydrogen-bond acceptors (Lipinski definition) is 3. The quantitative estimate of drug-likeness (QED) is 0.846. The number of hydrazine groups is 1. The fourth-order valence-corrected chi connectivity index (χ4v) is 2.07. The summed E-state index contributed by atoms with van der Waals surface area (Å²) in [5, 5.41) is 0.535. The Labute approximate surface area is 139 Å². The summed E-state index contributed by atoms with van der Waals surface area (Å²) in [6.07, 6.45) is 0. The molecule has 0 bridgehead atoms. The lowest BCUT2D eigenvalue weighted by Gasteiger charge is -2.11. The van der Waals surface area contributed by atoms with Gasteiger partial charge in [-0.3, -0.25) is 20.4 Å². The maximum atomic E-state index is 11.8. The van der Waals surface area contributed by atoms with Crippen LogP contribution in [-0.4, -0.2) is 18.4 Å². The zero-order valence-electron chi connectivity index (χ0n) is 12.9. The third-order valence-corrected chi connectivity index (χ3v) is 3.36. The Hall–Kier alpha value is -2.53. The van der Waals surface area contributed by atoms with Crippen LogP contribution in [0.15, 0.2) is 42.5 Å². The van der Waals surface area contributed by atoms with Crippen LogP contribution in [0, 0.1) is 13.8 Å². The third kappa shape index (κ3) is 5.00. The first-order chi connectivity index (χ1) is 11.0. The van der Waals surface area contributed by atoms with Gasteiger partial charge in [-0.25, -0.2) is 0 Å². The van der Waals surface area contributed by atoms with Gasteiger partial charge in [0.05, 0.1) is 0 Å². The summed E-state index contributed by atoms with van der Waals surface area (Å²) < 4.78 is 5.43. The van der Waals surface area contributed by atoms with E-state index in [1.54, 1.807) is 24.3 Å². The average molecular weight is 333 g/mol. The van der Waals surface area contributed by atoms with Gasteiger partial charge in [0, 0.05) is 10.6 Å². The summed E-state index contributed by atoms with van der Waals surface area (Å²) in [7, 11) is 0. The van der Waals surface area contributed by atoms with Gasteiger partial charge in [-0.15, -0.1) is 0 Å². The SMILES string of the molecule is Cc1ccc(OCC(=O)NNC(=O)c2ccc(Cl)cc2)c(C)c1. The molecule has 120 valence electrons. The van der Waals surface area contributed by atoms with Gasteiger partial charge in [-0.05, 0) is 49.7 Å². The Morgan fingerprint density at radius 1 is 1.04 bits per heavy atom. The fraction of sp³-hybridized carbons (Fsp3) is 0.176. The van der Waals surface area contributed by atoms with Crippen molar-refractivity contribution >= 4 is 23.4 Å². The molecule has 6 heteroatoms. The number of aryl methyl sites for hydroxylation is 2. The number of carbonyl (C=O) groups excluding carboxylic acids is 2. The van der Waals surface area contributed by atoms with Gasteiger partial charge in [0.25, 0.3) is 11.8 Å². The first-order valence-corrected chi connectivity index (χ1v) is 7.38. The van der Waals surface area contributed by atoms with Gasteiger partial charge < -0.3 is 4.74 Å². The topological polar surface area (TPSA) is 67.4 Å². The van der Waals surface area contributed by atoms with Crippen molar-refractivity contribution in [2.45, 2.75) is 13.8 Å². The Morgan fingerprint density at radius 3 is 2.39 bits per heavy atom. The molecule has 0 aliphatic carbocycles. The molecule has 0 heterocycles. The van der Waals surface area contributed by atoms with Crippen molar-refractivity contribution in [1.82, 2.24) is 10.9 Å². The van der Waals surface area contributed by atoms with Crippen molar-refractivity contribution in [3.8, 4) is 5.75 Å². The molecular weight excluding hydrogens is 316 g/mol. The van der Waals surface area contributed by atoms with Gasteiger partial charge in [-0.2, -0.15) is 0 Å². The summed E-state index contributed by atoms with van der Waals surface area (Å²) in [5.74, 6) is -0.247. The van der Waals surface area contributed by atoms with Crippen molar-refractivity contribution < 1.29 is 14.3 Å². The molecule has 0 atom stereocenters. The number of benzene rings is 2. The molecule has 0 spiro atoms. The molecule has 2 rings (SSSR count). The normalized spacial score (nSPS) is 10.0. The number of rotatable bonds is 4. The van der Waals surface area contributed by atoms with Crippen LogP contribution in [0.1, 0.15) is 21.5 Å². The predicted molar refractivity (Wildman–Crippen MR) is 88.5 cm³/mol. The molecular formula is C17H17ClN2O3. The molecule has 0 saturated heterocycles. The number of hydrogen-bond donors (Lipinski definition) is 2. The fourth-order valence-electron chi connectivity index (χ4n) is 1.94. The number of amides is 2. The van der Waals surface area contributed by atoms with Gasteiger partial charge in [0.2, 0.25) is 0 Å². The highest BCUT2D eigenvalue weighted by atomic mass is 35.5. The van der Waals surface area contributed by atoms with E-state index in [9.17, 15) is 9.59 Å². The van der Waals surface area contributed by atoms with E-state index >= 15 is 0 Å². The number of ether oxygens (including phenoxy) is 1. The molecule has 2 N–H and O–H groups in total. The Balaban J connectivity index is 1.81. The van der Waals surface area contributed by atoms with Crippen molar-refractivity contribution in [1.29, 1.82) is 0 Å². The van der Waals surface area contributed by atoms with E-state index in [0.29, 0.717) is 16.3 Å². The van der Waals surface area contributed by atoms with Crippen molar-refractivity contribution in [3.63, 3.8) is 0 Å². The molecule has 0 aromatic heterocycles. The van der Waals surface area contributed by atoms with E-state index in [0.717, 1.165) is 11.1 Å². The lowest BCUT2D eigenvalue weighted by atomic mass is 10.1. The van der Waals surface area contributed by atoms with Gasteiger partial charge >= 0.3 is 0 Å². The molecule has 2 aromatic rings. The average Bonchev–Trinajstić information content (AvgIpc) is 2.52. The highest BCUT2D eigenvalue weighted by Crippen LogP contribution is 2.18. The largest absolute Gasteiger partial charge is 0.483 e. The first kappa shape index (κ1) is 16.8. The van der Waals surface area contributed by atoms with E-state index in [1.807, 2.05) is 32.0 Å². The molecule has 0 saturated carbocycles. The second-order valence-corrected chi connectivity index (χ2v) is 5.50. The first-order valence-electron chi connectivity index (χ1n) is 7.00. The van der Waals surface area contributed by atoms with Gasteiger partial charge in [0.15, 0.2) is 6.61 Å². The summed E-state index contributed by atoms with van der Waals surface area (Å²) >= 11 is 5.75. The van der Waals surface area contributed by atoms with Gasteiger partial charge in [-0.1, -0.05) is 29.3 Å². The summed E-state index contributed by atoms with van der Waals surface area (Å²) in [5.41, 5.74) is 7.08. The number of nitrogens with one attached hydrogen (secondary N) is 2. The maximum Gasteiger partial charge on any atom is 0.276 e. The third-order valence-electron chi connectivity index (χ3n) is 3.11. The van der Waals surface area contributed by atoms with Crippen LogP contribution in [0.3, 0.4) is 0 Å². The maximum absolute atomic E-state index is 11.8. The minimum absolute atomic E-state index is 0.190. The Bertz CT molecular complexity index is 714. The lowest BCUT2D eigenvalue weighted by Crippen LogP contribution is -2.43. The standard InChI is InChI=1S/C17H17ClN2O3/c1-11-3-8-15(12(2)9-11)23-10-16(21)19-20-17(22)13-4-6-14(18)7-5-13/h3-9H,10H2,1-2H3,(H,19,21)(H,20,22). The van der Waals surface area contributed by atoms with E-state index in [1.165, 1.54) is 0 Å². The molecule has 0 aliphatic rings. The number of carbonyl (C=O) groups is 2. The van der Waals surface area contributed by atoms with E-state index in [-0.39, 0.29) is 6.61 Å². The monoisotopic (exact) mass is 332 g/mol. The predicted octanol–water partition coefficient (Wildman–Crippen LogP) is 2.80. The number of halogens is 1. The van der Waals surface area contributed by atoms with Crippen LogP contribution in [0.25, 0.3) is 0 Å². The molecule has 2 aromatic carbocycles. The smallest absolute Gasteiger partial charge is 0.276 e. The summed E-state index contributed by atoms with van der Waals surface area (Å²) in [4.78, 5) is 23.5. The summed E-state index contributed by atoms with van der Waals surface area (Å²) in [6.45, 7) is 3.70. The molecule has 23 heavy (non-hydrogen) atoms. The molecule has 0 radical (unpaired) electrons. The Kier molecular flexibility index (Phi) is 5.60. The highest BCUT2D eigenvalue weighted by molar-refractivity contribution is 6.30. The zero-order chi connectivity index (χ0) is 16.8.